The van der Waals surface area contributed by atoms with Gasteiger partial charge in [0.25, 0.3) is 11.9 Å². The van der Waals surface area contributed by atoms with Crippen molar-refractivity contribution >= 4 is 17.6 Å². The number of carbonyl (C=O) groups excluding carboxylic acids is 1. The zero-order valence-corrected chi connectivity index (χ0v) is 12.7. The SMILES string of the molecule is CO/C(N)=N\Cc1cc(NC(=O)c2cnc(C)cn2)ccc1F. The molecule has 7 nitrogen and oxygen atoms in total. The Morgan fingerprint density at radius 3 is 2.83 bits per heavy atom. The van der Waals surface area contributed by atoms with Crippen LogP contribution in [0.5, 0.6) is 0 Å². The number of hydrogen-bond acceptors (Lipinski definition) is 5. The number of ether oxygens (including phenoxy) is 1. The summed E-state index contributed by atoms with van der Waals surface area (Å²) in [5, 5.41) is 2.63. The molecule has 8 heteroatoms. The summed E-state index contributed by atoms with van der Waals surface area (Å²) in [5.74, 6) is -0.888. The number of carbonyl (C=O) groups is 1. The van der Waals surface area contributed by atoms with Gasteiger partial charge in [0.2, 0.25) is 0 Å². The third-order valence-electron chi connectivity index (χ3n) is 2.93. The van der Waals surface area contributed by atoms with E-state index in [1.807, 2.05) is 0 Å². The number of aliphatic imine (C=N–C) groups is 1. The molecule has 0 fully saturated rings. The van der Waals surface area contributed by atoms with Crippen molar-refractivity contribution in [3.8, 4) is 0 Å². The molecular formula is C15H16FN5O2. The Kier molecular flexibility index (Phi) is 5.19. The number of anilines is 1. The summed E-state index contributed by atoms with van der Waals surface area (Å²) in [5.41, 5.74) is 6.97. The molecule has 0 radical (unpaired) electrons. The zero-order valence-electron chi connectivity index (χ0n) is 12.7. The number of aromatic nitrogens is 2. The van der Waals surface area contributed by atoms with E-state index in [1.54, 1.807) is 6.92 Å². The maximum atomic E-state index is 13.7. The van der Waals surface area contributed by atoms with Crippen molar-refractivity contribution in [2.24, 2.45) is 10.7 Å². The molecule has 120 valence electrons. The molecule has 3 N–H and O–H groups in total. The maximum absolute atomic E-state index is 13.7. The number of benzene rings is 1. The molecule has 1 aromatic carbocycles. The lowest BCUT2D eigenvalue weighted by molar-refractivity contribution is 0.102. The Bertz CT molecular complexity index is 731. The summed E-state index contributed by atoms with van der Waals surface area (Å²) in [6.07, 6.45) is 2.87. The minimum absolute atomic E-state index is 0.000442. The molecule has 0 unspecified atom stereocenters. The van der Waals surface area contributed by atoms with Gasteiger partial charge in [0.05, 0.1) is 25.5 Å². The van der Waals surface area contributed by atoms with Crippen LogP contribution < -0.4 is 11.1 Å². The second-order valence-electron chi connectivity index (χ2n) is 4.66. The molecule has 0 atom stereocenters. The van der Waals surface area contributed by atoms with Crippen LogP contribution in [0.2, 0.25) is 0 Å². The topological polar surface area (TPSA) is 102 Å². The van der Waals surface area contributed by atoms with Gasteiger partial charge in [-0.05, 0) is 25.1 Å². The van der Waals surface area contributed by atoms with Gasteiger partial charge in [-0.1, -0.05) is 0 Å². The lowest BCUT2D eigenvalue weighted by Gasteiger charge is -2.07. The largest absolute Gasteiger partial charge is 0.469 e. The van der Waals surface area contributed by atoms with Gasteiger partial charge in [-0.3, -0.25) is 9.78 Å². The number of nitrogens with two attached hydrogens (primary N) is 1. The van der Waals surface area contributed by atoms with Crippen molar-refractivity contribution in [1.29, 1.82) is 0 Å². The number of nitrogens with one attached hydrogen (secondary N) is 1. The van der Waals surface area contributed by atoms with Crippen LogP contribution in [0.4, 0.5) is 10.1 Å². The smallest absolute Gasteiger partial charge is 0.281 e. The second kappa shape index (κ2) is 7.30. The summed E-state index contributed by atoms with van der Waals surface area (Å²) in [6, 6.07) is 4.11. The fourth-order valence-corrected chi connectivity index (χ4v) is 1.71. The lowest BCUT2D eigenvalue weighted by atomic mass is 10.2. The van der Waals surface area contributed by atoms with Gasteiger partial charge in [-0.15, -0.1) is 0 Å². The minimum atomic E-state index is -0.453. The van der Waals surface area contributed by atoms with Gasteiger partial charge >= 0.3 is 0 Å². The summed E-state index contributed by atoms with van der Waals surface area (Å²) >= 11 is 0. The highest BCUT2D eigenvalue weighted by Crippen LogP contribution is 2.16. The van der Waals surface area contributed by atoms with Crippen LogP contribution in [0.3, 0.4) is 0 Å². The summed E-state index contributed by atoms with van der Waals surface area (Å²) in [6.45, 7) is 1.77. The average molecular weight is 317 g/mol. The highest BCUT2D eigenvalue weighted by atomic mass is 19.1. The predicted octanol–water partition coefficient (Wildman–Crippen LogP) is 1.64. The molecule has 1 amide bonds. The molecule has 0 saturated carbocycles. The number of rotatable bonds is 4. The van der Waals surface area contributed by atoms with E-state index in [1.165, 1.54) is 37.7 Å². The molecule has 2 rings (SSSR count). The zero-order chi connectivity index (χ0) is 16.8. The first-order valence-electron chi connectivity index (χ1n) is 6.72. The van der Waals surface area contributed by atoms with Crippen LogP contribution in [0, 0.1) is 12.7 Å². The van der Waals surface area contributed by atoms with E-state index in [4.69, 9.17) is 10.5 Å². The molecule has 23 heavy (non-hydrogen) atoms. The Hall–Kier alpha value is -3.03. The number of halogens is 1. The van der Waals surface area contributed by atoms with E-state index in [9.17, 15) is 9.18 Å². The minimum Gasteiger partial charge on any atom is -0.469 e. The first kappa shape index (κ1) is 16.3. The molecule has 0 aliphatic carbocycles. The number of amidine groups is 1. The standard InChI is InChI=1S/C15H16FN5O2/c1-9-6-19-13(8-18-9)14(22)21-11-3-4-12(16)10(5-11)7-20-15(17)23-2/h3-6,8H,7H2,1-2H3,(H2,17,20)(H,21,22). The Morgan fingerprint density at radius 1 is 1.39 bits per heavy atom. The number of methoxy groups -OCH3 is 1. The van der Waals surface area contributed by atoms with Crippen molar-refractivity contribution in [3.05, 3.63) is 53.4 Å². The predicted molar refractivity (Wildman–Crippen MR) is 83.5 cm³/mol. The van der Waals surface area contributed by atoms with Crippen LogP contribution >= 0.6 is 0 Å². The molecule has 0 spiro atoms. The van der Waals surface area contributed by atoms with Crippen molar-refractivity contribution < 1.29 is 13.9 Å². The van der Waals surface area contributed by atoms with E-state index in [2.05, 4.69) is 20.3 Å². The third kappa shape index (κ3) is 4.47. The van der Waals surface area contributed by atoms with Crippen molar-refractivity contribution in [2.75, 3.05) is 12.4 Å². The van der Waals surface area contributed by atoms with Gasteiger partial charge in [0.1, 0.15) is 11.5 Å². The van der Waals surface area contributed by atoms with E-state index >= 15 is 0 Å². The van der Waals surface area contributed by atoms with Gasteiger partial charge in [0, 0.05) is 17.4 Å². The molecule has 0 aliphatic rings. The highest BCUT2D eigenvalue weighted by Gasteiger charge is 2.10. The van der Waals surface area contributed by atoms with E-state index in [-0.39, 0.29) is 23.8 Å². The molecule has 0 bridgehead atoms. The fraction of sp³-hybridized carbons (Fsp3) is 0.200. The first-order chi connectivity index (χ1) is 11.0. The van der Waals surface area contributed by atoms with Gasteiger partial charge < -0.3 is 15.8 Å². The van der Waals surface area contributed by atoms with E-state index in [0.29, 0.717) is 11.4 Å². The van der Waals surface area contributed by atoms with Crippen LogP contribution in [0.15, 0.2) is 35.6 Å². The normalized spacial score (nSPS) is 11.2. The molecule has 0 saturated heterocycles. The second-order valence-corrected chi connectivity index (χ2v) is 4.66. The van der Waals surface area contributed by atoms with Crippen LogP contribution in [0.25, 0.3) is 0 Å². The number of amides is 1. The summed E-state index contributed by atoms with van der Waals surface area (Å²) in [7, 11) is 1.37. The Labute approximate surface area is 132 Å². The molecule has 1 heterocycles. The van der Waals surface area contributed by atoms with Gasteiger partial charge in [-0.2, -0.15) is 0 Å². The molecule has 0 aliphatic heterocycles. The van der Waals surface area contributed by atoms with Crippen LogP contribution in [-0.2, 0) is 11.3 Å². The third-order valence-corrected chi connectivity index (χ3v) is 2.93. The van der Waals surface area contributed by atoms with Crippen LogP contribution in [-0.4, -0.2) is 29.0 Å². The van der Waals surface area contributed by atoms with Gasteiger partial charge in [-0.25, -0.2) is 14.4 Å². The van der Waals surface area contributed by atoms with E-state index < -0.39 is 11.7 Å². The van der Waals surface area contributed by atoms with E-state index in [0.717, 1.165) is 0 Å². The quantitative estimate of drug-likeness (QED) is 0.659. The Morgan fingerprint density at radius 2 is 2.17 bits per heavy atom. The molecule has 1 aromatic heterocycles. The fourth-order valence-electron chi connectivity index (χ4n) is 1.71. The van der Waals surface area contributed by atoms with Crippen molar-refractivity contribution in [3.63, 3.8) is 0 Å². The van der Waals surface area contributed by atoms with Crippen LogP contribution in [0.1, 0.15) is 21.7 Å². The van der Waals surface area contributed by atoms with Crippen molar-refractivity contribution in [1.82, 2.24) is 9.97 Å². The highest BCUT2D eigenvalue weighted by molar-refractivity contribution is 6.02. The first-order valence-corrected chi connectivity index (χ1v) is 6.72. The summed E-state index contributed by atoms with van der Waals surface area (Å²) < 4.78 is 18.4. The maximum Gasteiger partial charge on any atom is 0.281 e. The monoisotopic (exact) mass is 317 g/mol. The Balaban J connectivity index is 2.14. The average Bonchev–Trinajstić information content (AvgIpc) is 2.55. The molecular weight excluding hydrogens is 301 g/mol. The number of nitrogens with zero attached hydrogens (tertiary/aromatic N) is 3. The van der Waals surface area contributed by atoms with Crippen molar-refractivity contribution in [2.45, 2.75) is 13.5 Å². The summed E-state index contributed by atoms with van der Waals surface area (Å²) in [4.78, 5) is 23.9. The number of aryl methyl sites for hydroxylation is 1. The molecule has 2 aromatic rings. The lowest BCUT2D eigenvalue weighted by Crippen LogP contribution is -2.15. The van der Waals surface area contributed by atoms with Gasteiger partial charge in [0.15, 0.2) is 0 Å². The number of hydrogen-bond donors (Lipinski definition) is 2.